The van der Waals surface area contributed by atoms with E-state index in [0.29, 0.717) is 12.3 Å². The second-order valence-corrected chi connectivity index (χ2v) is 10.5. The van der Waals surface area contributed by atoms with Crippen LogP contribution < -0.4 is 19.1 Å². The number of methoxy groups -OCH3 is 2. The topological polar surface area (TPSA) is 105 Å². The third-order valence-electron chi connectivity index (χ3n) is 5.80. The Morgan fingerprint density at radius 1 is 1.06 bits per heavy atom. The predicted molar refractivity (Wildman–Crippen MR) is 141 cm³/mol. The molecule has 10 heteroatoms. The fourth-order valence-electron chi connectivity index (χ4n) is 3.60. The normalized spacial score (nSPS) is 11.9. The monoisotopic (exact) mass is 519 g/mol. The number of hydrogen-bond acceptors (Lipinski definition) is 6. The molecular formula is C26H37N3O6S. The van der Waals surface area contributed by atoms with Crippen molar-refractivity contribution in [3.63, 3.8) is 0 Å². The molecule has 9 nitrogen and oxygen atoms in total. The van der Waals surface area contributed by atoms with E-state index in [9.17, 15) is 18.0 Å². The Kier molecular flexibility index (Phi) is 10.6. The molecule has 0 saturated heterocycles. The summed E-state index contributed by atoms with van der Waals surface area (Å²) in [5.74, 6) is -0.144. The highest BCUT2D eigenvalue weighted by molar-refractivity contribution is 7.92. The summed E-state index contributed by atoms with van der Waals surface area (Å²) in [6.07, 6.45) is 2.76. The molecule has 0 aliphatic carbocycles. The van der Waals surface area contributed by atoms with Crippen LogP contribution in [0.1, 0.15) is 37.8 Å². The molecule has 0 bridgehead atoms. The van der Waals surface area contributed by atoms with Gasteiger partial charge in [0, 0.05) is 19.2 Å². The summed E-state index contributed by atoms with van der Waals surface area (Å²) in [5.41, 5.74) is 2.06. The van der Waals surface area contributed by atoms with Gasteiger partial charge < -0.3 is 19.7 Å². The molecule has 2 amide bonds. The first-order chi connectivity index (χ1) is 17.0. The fraction of sp³-hybridized carbons (Fsp3) is 0.462. The Hall–Kier alpha value is -3.27. The molecule has 0 spiro atoms. The number of hydrogen-bond donors (Lipinski definition) is 1. The van der Waals surface area contributed by atoms with E-state index in [-0.39, 0.29) is 23.9 Å². The first-order valence-corrected chi connectivity index (χ1v) is 13.7. The van der Waals surface area contributed by atoms with Crippen molar-refractivity contribution in [3.8, 4) is 11.5 Å². The van der Waals surface area contributed by atoms with Gasteiger partial charge in [0.25, 0.3) is 0 Å². The lowest BCUT2D eigenvalue weighted by atomic mass is 10.1. The van der Waals surface area contributed by atoms with Gasteiger partial charge in [0.15, 0.2) is 0 Å². The van der Waals surface area contributed by atoms with Crippen LogP contribution in [0.2, 0.25) is 0 Å². The maximum absolute atomic E-state index is 13.6. The highest BCUT2D eigenvalue weighted by atomic mass is 32.2. The molecule has 2 aromatic carbocycles. The number of aryl methyl sites for hydroxylation is 1. The van der Waals surface area contributed by atoms with Gasteiger partial charge in [-0.05, 0) is 38.0 Å². The molecule has 0 heterocycles. The SMILES string of the molecule is CCCCNC(=O)[C@H](C)N(Cc1ccc(C)cc1)C(=O)CN(c1cc(OC)ccc1OC)S(C)(=O)=O. The van der Waals surface area contributed by atoms with Crippen molar-refractivity contribution in [1.29, 1.82) is 0 Å². The molecule has 0 aliphatic heterocycles. The summed E-state index contributed by atoms with van der Waals surface area (Å²) in [6, 6.07) is 11.5. The van der Waals surface area contributed by atoms with Gasteiger partial charge in [0.2, 0.25) is 21.8 Å². The lowest BCUT2D eigenvalue weighted by Gasteiger charge is -2.32. The molecule has 0 aliphatic rings. The van der Waals surface area contributed by atoms with E-state index in [1.54, 1.807) is 19.1 Å². The summed E-state index contributed by atoms with van der Waals surface area (Å²) >= 11 is 0. The summed E-state index contributed by atoms with van der Waals surface area (Å²) in [7, 11) is -1.02. The van der Waals surface area contributed by atoms with Crippen molar-refractivity contribution in [1.82, 2.24) is 10.2 Å². The quantitative estimate of drug-likeness (QED) is 0.408. The van der Waals surface area contributed by atoms with Gasteiger partial charge in [-0.2, -0.15) is 0 Å². The number of unbranched alkanes of at least 4 members (excludes halogenated alkanes) is 1. The van der Waals surface area contributed by atoms with Crippen LogP contribution in [-0.4, -0.2) is 64.7 Å². The Morgan fingerprint density at radius 2 is 1.72 bits per heavy atom. The molecule has 0 fully saturated rings. The Labute approximate surface area is 214 Å². The van der Waals surface area contributed by atoms with Crippen LogP contribution in [0.3, 0.4) is 0 Å². The highest BCUT2D eigenvalue weighted by Crippen LogP contribution is 2.34. The van der Waals surface area contributed by atoms with Gasteiger partial charge >= 0.3 is 0 Å². The van der Waals surface area contributed by atoms with Crippen LogP contribution in [0, 0.1) is 6.92 Å². The van der Waals surface area contributed by atoms with Gasteiger partial charge in [-0.1, -0.05) is 43.2 Å². The third kappa shape index (κ3) is 7.87. The molecule has 1 N–H and O–H groups in total. The second-order valence-electron chi connectivity index (χ2n) is 8.64. The van der Waals surface area contributed by atoms with Crippen LogP contribution in [0.4, 0.5) is 5.69 Å². The summed E-state index contributed by atoms with van der Waals surface area (Å²) < 4.78 is 37.2. The van der Waals surface area contributed by atoms with E-state index in [0.717, 1.165) is 34.5 Å². The second kappa shape index (κ2) is 13.2. The van der Waals surface area contributed by atoms with E-state index in [2.05, 4.69) is 5.32 Å². The van der Waals surface area contributed by atoms with E-state index in [4.69, 9.17) is 9.47 Å². The van der Waals surface area contributed by atoms with Crippen LogP contribution in [-0.2, 0) is 26.2 Å². The molecule has 2 rings (SSSR count). The molecule has 198 valence electrons. The van der Waals surface area contributed by atoms with Crippen molar-refractivity contribution in [2.45, 2.75) is 46.2 Å². The lowest BCUT2D eigenvalue weighted by molar-refractivity contribution is -0.139. The zero-order chi connectivity index (χ0) is 26.9. The summed E-state index contributed by atoms with van der Waals surface area (Å²) in [5, 5.41) is 2.86. The van der Waals surface area contributed by atoms with Crippen molar-refractivity contribution in [2.24, 2.45) is 0 Å². The zero-order valence-electron chi connectivity index (χ0n) is 21.9. The van der Waals surface area contributed by atoms with Gasteiger partial charge in [-0.15, -0.1) is 0 Å². The van der Waals surface area contributed by atoms with Crippen molar-refractivity contribution < 1.29 is 27.5 Å². The van der Waals surface area contributed by atoms with Crippen LogP contribution in [0.15, 0.2) is 42.5 Å². The molecule has 36 heavy (non-hydrogen) atoms. The van der Waals surface area contributed by atoms with Gasteiger partial charge in [0.05, 0.1) is 26.2 Å². The Morgan fingerprint density at radius 3 is 2.28 bits per heavy atom. The summed E-state index contributed by atoms with van der Waals surface area (Å²) in [4.78, 5) is 27.9. The number of benzene rings is 2. The predicted octanol–water partition coefficient (Wildman–Crippen LogP) is 3.11. The lowest BCUT2D eigenvalue weighted by Crippen LogP contribution is -2.51. The first kappa shape index (κ1) is 29.0. The molecule has 0 saturated carbocycles. The summed E-state index contributed by atoms with van der Waals surface area (Å²) in [6.45, 7) is 5.76. The third-order valence-corrected chi connectivity index (χ3v) is 6.93. The fourth-order valence-corrected chi connectivity index (χ4v) is 4.44. The zero-order valence-corrected chi connectivity index (χ0v) is 22.7. The van der Waals surface area contributed by atoms with E-state index in [1.165, 1.54) is 25.2 Å². The number of carbonyl (C=O) groups excluding carboxylic acids is 2. The van der Waals surface area contributed by atoms with Crippen molar-refractivity contribution in [2.75, 3.05) is 37.9 Å². The average molecular weight is 520 g/mol. The first-order valence-electron chi connectivity index (χ1n) is 11.8. The van der Waals surface area contributed by atoms with E-state index in [1.807, 2.05) is 38.1 Å². The number of sulfonamides is 1. The number of nitrogens with one attached hydrogen (secondary N) is 1. The maximum atomic E-state index is 13.6. The van der Waals surface area contributed by atoms with Gasteiger partial charge in [-0.25, -0.2) is 8.42 Å². The smallest absolute Gasteiger partial charge is 0.244 e. The minimum atomic E-state index is -3.90. The number of amides is 2. The highest BCUT2D eigenvalue weighted by Gasteiger charge is 2.31. The maximum Gasteiger partial charge on any atom is 0.244 e. The van der Waals surface area contributed by atoms with Crippen molar-refractivity contribution >= 4 is 27.5 Å². The number of anilines is 1. The van der Waals surface area contributed by atoms with E-state index < -0.39 is 28.5 Å². The van der Waals surface area contributed by atoms with E-state index >= 15 is 0 Å². The molecule has 0 radical (unpaired) electrons. The minimum Gasteiger partial charge on any atom is -0.497 e. The Bertz CT molecular complexity index is 1130. The van der Waals surface area contributed by atoms with Crippen LogP contribution in [0.5, 0.6) is 11.5 Å². The molecule has 1 atom stereocenters. The number of ether oxygens (including phenoxy) is 2. The standard InChI is InChI=1S/C26H37N3O6S/c1-7-8-15-27-26(31)20(3)28(17-21-11-9-19(2)10-12-21)25(30)18-29(36(6,32)33)23-16-22(34-4)13-14-24(23)35-5/h9-14,16,20H,7-8,15,17-18H2,1-6H3,(H,27,31)/t20-/m0/s1. The number of carbonyl (C=O) groups is 2. The molecular weight excluding hydrogens is 482 g/mol. The van der Waals surface area contributed by atoms with Gasteiger partial charge in [0.1, 0.15) is 24.1 Å². The number of rotatable bonds is 13. The molecule has 0 unspecified atom stereocenters. The van der Waals surface area contributed by atoms with Crippen LogP contribution >= 0.6 is 0 Å². The average Bonchev–Trinajstić information content (AvgIpc) is 2.85. The van der Waals surface area contributed by atoms with Crippen molar-refractivity contribution in [3.05, 3.63) is 53.6 Å². The molecule has 0 aromatic heterocycles. The minimum absolute atomic E-state index is 0.147. The largest absolute Gasteiger partial charge is 0.497 e. The number of nitrogens with zero attached hydrogens (tertiary/aromatic N) is 2. The Balaban J connectivity index is 2.43. The van der Waals surface area contributed by atoms with Crippen LogP contribution in [0.25, 0.3) is 0 Å². The van der Waals surface area contributed by atoms with Gasteiger partial charge in [-0.3, -0.25) is 13.9 Å². The molecule has 2 aromatic rings.